The van der Waals surface area contributed by atoms with Gasteiger partial charge in [0.1, 0.15) is 0 Å². The van der Waals surface area contributed by atoms with Crippen molar-refractivity contribution in [2.75, 3.05) is 19.1 Å². The van der Waals surface area contributed by atoms with E-state index in [-0.39, 0.29) is 6.54 Å². The fourth-order valence-electron chi connectivity index (χ4n) is 1.52. The van der Waals surface area contributed by atoms with Gasteiger partial charge in [-0.3, -0.25) is 4.79 Å². The molecular formula is C11H14BrNO2S2. The molecule has 0 radical (unpaired) electrons. The predicted octanol–water partition coefficient (Wildman–Crippen LogP) is 3.02. The van der Waals surface area contributed by atoms with Gasteiger partial charge in [-0.05, 0) is 46.1 Å². The number of halogens is 1. The zero-order valence-electron chi connectivity index (χ0n) is 9.57. The van der Waals surface area contributed by atoms with Gasteiger partial charge in [0.05, 0.1) is 5.92 Å². The number of rotatable bonds is 5. The molecule has 1 rings (SSSR count). The molecule has 1 aromatic rings. The van der Waals surface area contributed by atoms with E-state index in [0.29, 0.717) is 0 Å². The average molecular weight is 336 g/mol. The maximum atomic E-state index is 11.1. The number of benzene rings is 1. The summed E-state index contributed by atoms with van der Waals surface area (Å²) in [5.74, 6) is -1.53. The van der Waals surface area contributed by atoms with E-state index in [1.807, 2.05) is 24.6 Å². The van der Waals surface area contributed by atoms with Crippen LogP contribution in [0.5, 0.6) is 0 Å². The first kappa shape index (κ1) is 14.9. The molecule has 0 aliphatic carbocycles. The summed E-state index contributed by atoms with van der Waals surface area (Å²) in [6.07, 6.45) is 3.97. The second-order valence-electron chi connectivity index (χ2n) is 3.36. The zero-order chi connectivity index (χ0) is 13.0. The van der Waals surface area contributed by atoms with E-state index in [2.05, 4.69) is 15.9 Å². The molecule has 0 amide bonds. The van der Waals surface area contributed by atoms with Gasteiger partial charge >= 0.3 is 5.97 Å². The molecular weight excluding hydrogens is 322 g/mol. The summed E-state index contributed by atoms with van der Waals surface area (Å²) in [7, 11) is 0. The number of aliphatic carboxylic acids is 1. The minimum absolute atomic E-state index is 0.105. The van der Waals surface area contributed by atoms with Gasteiger partial charge in [0.25, 0.3) is 0 Å². The molecule has 0 saturated carbocycles. The molecule has 94 valence electrons. The van der Waals surface area contributed by atoms with Gasteiger partial charge in [0.15, 0.2) is 0 Å². The van der Waals surface area contributed by atoms with Crippen molar-refractivity contribution in [3.63, 3.8) is 0 Å². The number of thioether (sulfide) groups is 2. The van der Waals surface area contributed by atoms with Gasteiger partial charge in [-0.2, -0.15) is 0 Å². The van der Waals surface area contributed by atoms with Crippen LogP contribution < -0.4 is 5.73 Å². The van der Waals surface area contributed by atoms with Crippen molar-refractivity contribution < 1.29 is 9.90 Å². The van der Waals surface area contributed by atoms with Gasteiger partial charge in [0, 0.05) is 20.8 Å². The van der Waals surface area contributed by atoms with E-state index < -0.39 is 11.9 Å². The van der Waals surface area contributed by atoms with Crippen molar-refractivity contribution in [2.45, 2.75) is 15.7 Å². The Labute approximate surface area is 118 Å². The van der Waals surface area contributed by atoms with E-state index in [1.165, 1.54) is 0 Å². The van der Waals surface area contributed by atoms with Gasteiger partial charge in [-0.15, -0.1) is 23.5 Å². The molecule has 3 nitrogen and oxygen atoms in total. The maximum absolute atomic E-state index is 11.1. The van der Waals surface area contributed by atoms with E-state index in [9.17, 15) is 4.79 Å². The lowest BCUT2D eigenvalue weighted by molar-refractivity contribution is -0.138. The van der Waals surface area contributed by atoms with Crippen LogP contribution in [-0.2, 0) is 4.79 Å². The second kappa shape index (κ2) is 6.68. The highest BCUT2D eigenvalue weighted by atomic mass is 79.9. The Hall–Kier alpha value is -0.170. The van der Waals surface area contributed by atoms with Crippen molar-refractivity contribution in [3.05, 3.63) is 22.2 Å². The summed E-state index contributed by atoms with van der Waals surface area (Å²) in [5.41, 5.74) is 6.25. The summed E-state index contributed by atoms with van der Waals surface area (Å²) >= 11 is 6.72. The number of nitrogens with two attached hydrogens (primary N) is 1. The number of carboxylic acid groups (broad SMARTS) is 1. The van der Waals surface area contributed by atoms with Crippen LogP contribution in [0.3, 0.4) is 0 Å². The molecule has 0 aromatic heterocycles. The fourth-order valence-corrected chi connectivity index (χ4v) is 4.18. The van der Waals surface area contributed by atoms with Crippen LogP contribution in [0.1, 0.15) is 11.5 Å². The standard InChI is InChI=1S/C11H14BrNO2S2/c1-16-9-4-6(7(5-13)11(14)15)3-8(12)10(9)17-2/h3-4,7H,5,13H2,1-2H3,(H,14,15). The van der Waals surface area contributed by atoms with Crippen molar-refractivity contribution in [3.8, 4) is 0 Å². The smallest absolute Gasteiger partial charge is 0.312 e. The number of hydrogen-bond acceptors (Lipinski definition) is 4. The van der Waals surface area contributed by atoms with Gasteiger partial charge in [-0.1, -0.05) is 0 Å². The van der Waals surface area contributed by atoms with Crippen LogP contribution in [0.4, 0.5) is 0 Å². The van der Waals surface area contributed by atoms with Crippen LogP contribution >= 0.6 is 39.5 Å². The third-order valence-electron chi connectivity index (χ3n) is 2.39. The molecule has 0 bridgehead atoms. The first-order chi connectivity index (χ1) is 8.04. The largest absolute Gasteiger partial charge is 0.481 e. The Morgan fingerprint density at radius 1 is 1.47 bits per heavy atom. The Bertz CT molecular complexity index is 426. The number of hydrogen-bond donors (Lipinski definition) is 2. The minimum Gasteiger partial charge on any atom is -0.481 e. The third kappa shape index (κ3) is 3.40. The monoisotopic (exact) mass is 335 g/mol. The highest BCUT2D eigenvalue weighted by molar-refractivity contribution is 9.10. The lowest BCUT2D eigenvalue weighted by atomic mass is 10.00. The number of carbonyl (C=O) groups is 1. The Balaban J connectivity index is 3.27. The zero-order valence-corrected chi connectivity index (χ0v) is 12.8. The van der Waals surface area contributed by atoms with E-state index in [0.717, 1.165) is 19.8 Å². The number of carboxylic acids is 1. The molecule has 1 aromatic carbocycles. The van der Waals surface area contributed by atoms with Crippen molar-refractivity contribution >= 4 is 45.4 Å². The van der Waals surface area contributed by atoms with E-state index in [1.54, 1.807) is 23.5 Å². The molecule has 0 saturated heterocycles. The molecule has 0 heterocycles. The fraction of sp³-hybridized carbons (Fsp3) is 0.364. The summed E-state index contributed by atoms with van der Waals surface area (Å²) in [6.45, 7) is 0.105. The van der Waals surface area contributed by atoms with E-state index in [4.69, 9.17) is 10.8 Å². The summed E-state index contributed by atoms with van der Waals surface area (Å²) in [6, 6.07) is 3.75. The molecule has 6 heteroatoms. The molecule has 0 fully saturated rings. The lowest BCUT2D eigenvalue weighted by Gasteiger charge is -2.15. The van der Waals surface area contributed by atoms with Crippen molar-refractivity contribution in [1.82, 2.24) is 0 Å². The average Bonchev–Trinajstić information content (AvgIpc) is 2.28. The first-order valence-corrected chi connectivity index (χ1v) is 8.13. The van der Waals surface area contributed by atoms with Crippen LogP contribution in [0.2, 0.25) is 0 Å². The summed E-state index contributed by atoms with van der Waals surface area (Å²) < 4.78 is 0.923. The van der Waals surface area contributed by atoms with Crippen LogP contribution in [-0.4, -0.2) is 30.1 Å². The van der Waals surface area contributed by atoms with Gasteiger partial charge in [-0.25, -0.2) is 0 Å². The Kier molecular flexibility index (Phi) is 5.85. The van der Waals surface area contributed by atoms with Crippen LogP contribution in [0.25, 0.3) is 0 Å². The van der Waals surface area contributed by atoms with Gasteiger partial charge in [0.2, 0.25) is 0 Å². The summed E-state index contributed by atoms with van der Waals surface area (Å²) in [5, 5.41) is 9.10. The highest BCUT2D eigenvalue weighted by Gasteiger charge is 2.20. The Morgan fingerprint density at radius 3 is 2.53 bits per heavy atom. The molecule has 0 spiro atoms. The summed E-state index contributed by atoms with van der Waals surface area (Å²) in [4.78, 5) is 13.3. The van der Waals surface area contributed by atoms with Crippen LogP contribution in [0, 0.1) is 0 Å². The topological polar surface area (TPSA) is 63.3 Å². The molecule has 0 aliphatic rings. The van der Waals surface area contributed by atoms with Gasteiger partial charge < -0.3 is 10.8 Å². The molecule has 3 N–H and O–H groups in total. The molecule has 0 aliphatic heterocycles. The predicted molar refractivity (Wildman–Crippen MR) is 77.1 cm³/mol. The van der Waals surface area contributed by atoms with Crippen LogP contribution in [0.15, 0.2) is 26.4 Å². The normalized spacial score (nSPS) is 12.5. The van der Waals surface area contributed by atoms with E-state index >= 15 is 0 Å². The lowest BCUT2D eigenvalue weighted by Crippen LogP contribution is -2.21. The quantitative estimate of drug-likeness (QED) is 0.810. The maximum Gasteiger partial charge on any atom is 0.312 e. The van der Waals surface area contributed by atoms with Crippen molar-refractivity contribution in [1.29, 1.82) is 0 Å². The van der Waals surface area contributed by atoms with Crippen molar-refractivity contribution in [2.24, 2.45) is 5.73 Å². The first-order valence-electron chi connectivity index (χ1n) is 4.89. The SMILES string of the molecule is CSc1cc(C(CN)C(=O)O)cc(Br)c1SC. The Morgan fingerprint density at radius 2 is 2.12 bits per heavy atom. The molecule has 17 heavy (non-hydrogen) atoms. The minimum atomic E-state index is -0.886. The second-order valence-corrected chi connectivity index (χ2v) is 5.88. The highest BCUT2D eigenvalue weighted by Crippen LogP contribution is 2.37. The third-order valence-corrected chi connectivity index (χ3v) is 5.02. The molecule has 1 atom stereocenters. The molecule has 1 unspecified atom stereocenters.